The topological polar surface area (TPSA) is 101 Å². The van der Waals surface area contributed by atoms with Crippen LogP contribution in [0.25, 0.3) is 0 Å². The molecule has 1 amide bonds. The van der Waals surface area contributed by atoms with E-state index in [-0.39, 0.29) is 11.7 Å². The van der Waals surface area contributed by atoms with Crippen LogP contribution >= 0.6 is 0 Å². The lowest BCUT2D eigenvalue weighted by Gasteiger charge is -2.13. The number of hydrogen-bond donors (Lipinski definition) is 2. The highest BCUT2D eigenvalue weighted by Gasteiger charge is 2.37. The van der Waals surface area contributed by atoms with E-state index in [1.54, 1.807) is 0 Å². The molecule has 126 valence electrons. The van der Waals surface area contributed by atoms with Crippen LogP contribution in [0.2, 0.25) is 0 Å². The summed E-state index contributed by atoms with van der Waals surface area (Å²) in [6, 6.07) is 8.55. The van der Waals surface area contributed by atoms with Gasteiger partial charge in [-0.2, -0.15) is 0 Å². The van der Waals surface area contributed by atoms with Gasteiger partial charge in [0.2, 0.25) is 5.91 Å². The van der Waals surface area contributed by atoms with Crippen LogP contribution in [-0.4, -0.2) is 42.9 Å². The second-order valence-corrected chi connectivity index (χ2v) is 8.09. The maximum Gasteiger partial charge on any atom is 0.326 e. The fourth-order valence-corrected chi connectivity index (χ4v) is 3.65. The first-order valence-corrected chi connectivity index (χ1v) is 9.46. The molecule has 0 aromatic heterocycles. The molecule has 0 saturated heterocycles. The van der Waals surface area contributed by atoms with Gasteiger partial charge in [-0.1, -0.05) is 30.3 Å². The van der Waals surface area contributed by atoms with Gasteiger partial charge < -0.3 is 10.4 Å². The highest BCUT2D eigenvalue weighted by Crippen LogP contribution is 2.32. The number of carbonyl (C=O) groups is 2. The predicted molar refractivity (Wildman–Crippen MR) is 85.7 cm³/mol. The average Bonchev–Trinajstić information content (AvgIpc) is 3.29. The first-order chi connectivity index (χ1) is 10.9. The van der Waals surface area contributed by atoms with Crippen LogP contribution in [0.15, 0.2) is 30.3 Å². The van der Waals surface area contributed by atoms with Crippen molar-refractivity contribution in [2.24, 2.45) is 5.92 Å². The molecule has 0 aliphatic heterocycles. The molecule has 1 fully saturated rings. The van der Waals surface area contributed by atoms with Gasteiger partial charge in [0.05, 0.1) is 5.75 Å². The van der Waals surface area contributed by atoms with Gasteiger partial charge in [0.1, 0.15) is 11.8 Å². The maximum atomic E-state index is 12.0. The van der Waals surface area contributed by atoms with E-state index < -0.39 is 33.5 Å². The van der Waals surface area contributed by atoms with Gasteiger partial charge in [0.15, 0.2) is 9.84 Å². The summed E-state index contributed by atoms with van der Waals surface area (Å²) in [5.41, 5.74) is 1.05. The molecule has 0 radical (unpaired) electrons. The molecular formula is C16H21NO5S. The second kappa shape index (κ2) is 7.59. The van der Waals surface area contributed by atoms with E-state index in [2.05, 4.69) is 5.32 Å². The smallest absolute Gasteiger partial charge is 0.326 e. The normalized spacial score (nSPS) is 15.8. The van der Waals surface area contributed by atoms with Crippen LogP contribution in [0, 0.1) is 5.92 Å². The number of aryl methyl sites for hydroxylation is 1. The number of aliphatic carboxylic acids is 1. The lowest BCUT2D eigenvalue weighted by atomic mass is 10.1. The Morgan fingerprint density at radius 2 is 1.87 bits per heavy atom. The largest absolute Gasteiger partial charge is 0.480 e. The van der Waals surface area contributed by atoms with Crippen molar-refractivity contribution in [3.05, 3.63) is 35.9 Å². The molecule has 1 atom stereocenters. The number of sulfone groups is 1. The van der Waals surface area contributed by atoms with Gasteiger partial charge in [-0.3, -0.25) is 4.79 Å². The zero-order valence-electron chi connectivity index (χ0n) is 12.8. The Morgan fingerprint density at radius 3 is 2.43 bits per heavy atom. The standard InChI is InChI=1S/C16H21NO5S/c18-14(17-15(16(19)20)13-8-9-13)11-23(21,22)10-4-7-12-5-2-1-3-6-12/h1-3,5-6,13,15H,4,7-11H2,(H,17,18)(H,19,20). The minimum absolute atomic E-state index is 0.0720. The molecule has 1 saturated carbocycles. The Bertz CT molecular complexity index is 652. The number of benzene rings is 1. The van der Waals surface area contributed by atoms with Crippen LogP contribution in [0.5, 0.6) is 0 Å². The summed E-state index contributed by atoms with van der Waals surface area (Å²) in [4.78, 5) is 22.8. The van der Waals surface area contributed by atoms with Crippen molar-refractivity contribution >= 4 is 21.7 Å². The highest BCUT2D eigenvalue weighted by molar-refractivity contribution is 7.92. The van der Waals surface area contributed by atoms with Crippen molar-refractivity contribution < 1.29 is 23.1 Å². The second-order valence-electron chi connectivity index (χ2n) is 5.90. The SMILES string of the molecule is O=C(CS(=O)(=O)CCCc1ccccc1)NC(C(=O)O)C1CC1. The number of nitrogens with one attached hydrogen (secondary N) is 1. The van der Waals surface area contributed by atoms with Crippen molar-refractivity contribution in [1.82, 2.24) is 5.32 Å². The molecule has 7 heteroatoms. The van der Waals surface area contributed by atoms with Crippen LogP contribution in [0.3, 0.4) is 0 Å². The zero-order valence-corrected chi connectivity index (χ0v) is 13.6. The predicted octanol–water partition coefficient (Wildman–Crippen LogP) is 1.01. The lowest BCUT2D eigenvalue weighted by molar-refractivity contribution is -0.142. The van der Waals surface area contributed by atoms with E-state index in [0.717, 1.165) is 18.4 Å². The number of hydrogen-bond acceptors (Lipinski definition) is 4. The number of rotatable bonds is 9. The number of carbonyl (C=O) groups excluding carboxylic acids is 1. The number of carboxylic acids is 1. The summed E-state index contributed by atoms with van der Waals surface area (Å²) in [5, 5.41) is 11.4. The summed E-state index contributed by atoms with van der Waals surface area (Å²) in [5.74, 6) is -2.65. The molecule has 1 aliphatic rings. The maximum absolute atomic E-state index is 12.0. The summed E-state index contributed by atoms with van der Waals surface area (Å²) in [6.07, 6.45) is 2.56. The molecule has 0 heterocycles. The van der Waals surface area contributed by atoms with Gasteiger partial charge in [-0.15, -0.1) is 0 Å². The molecule has 2 N–H and O–H groups in total. The quantitative estimate of drug-likeness (QED) is 0.699. The van der Waals surface area contributed by atoms with E-state index in [4.69, 9.17) is 5.11 Å². The molecule has 23 heavy (non-hydrogen) atoms. The van der Waals surface area contributed by atoms with Crippen molar-refractivity contribution in [3.8, 4) is 0 Å². The molecule has 1 aliphatic carbocycles. The van der Waals surface area contributed by atoms with Gasteiger partial charge >= 0.3 is 5.97 Å². The third-order valence-electron chi connectivity index (χ3n) is 3.79. The molecule has 1 unspecified atom stereocenters. The monoisotopic (exact) mass is 339 g/mol. The van der Waals surface area contributed by atoms with Gasteiger partial charge in [0.25, 0.3) is 0 Å². The highest BCUT2D eigenvalue weighted by atomic mass is 32.2. The minimum atomic E-state index is -3.53. The Balaban J connectivity index is 1.78. The average molecular weight is 339 g/mol. The Labute approximate surface area is 135 Å². The van der Waals surface area contributed by atoms with Crippen molar-refractivity contribution in [1.29, 1.82) is 0 Å². The fourth-order valence-electron chi connectivity index (χ4n) is 2.44. The Morgan fingerprint density at radius 1 is 1.22 bits per heavy atom. The minimum Gasteiger partial charge on any atom is -0.480 e. The van der Waals surface area contributed by atoms with Crippen LogP contribution in [-0.2, 0) is 25.8 Å². The van der Waals surface area contributed by atoms with Crippen LogP contribution in [0.4, 0.5) is 0 Å². The van der Waals surface area contributed by atoms with Crippen LogP contribution in [0.1, 0.15) is 24.8 Å². The van der Waals surface area contributed by atoms with E-state index in [9.17, 15) is 18.0 Å². The van der Waals surface area contributed by atoms with Gasteiger partial charge in [0, 0.05) is 0 Å². The van der Waals surface area contributed by atoms with Gasteiger partial charge in [-0.25, -0.2) is 13.2 Å². The first-order valence-electron chi connectivity index (χ1n) is 7.64. The van der Waals surface area contributed by atoms with Crippen molar-refractivity contribution in [2.75, 3.05) is 11.5 Å². The fraction of sp³-hybridized carbons (Fsp3) is 0.500. The van der Waals surface area contributed by atoms with Crippen LogP contribution < -0.4 is 5.32 Å². The Kier molecular flexibility index (Phi) is 5.76. The van der Waals surface area contributed by atoms with E-state index in [1.165, 1.54) is 0 Å². The summed E-state index contributed by atoms with van der Waals surface area (Å²) in [6.45, 7) is 0. The van der Waals surface area contributed by atoms with E-state index >= 15 is 0 Å². The molecule has 2 rings (SSSR count). The zero-order chi connectivity index (χ0) is 16.9. The summed E-state index contributed by atoms with van der Waals surface area (Å²) >= 11 is 0. The number of carboxylic acid groups (broad SMARTS) is 1. The molecular weight excluding hydrogens is 318 g/mol. The summed E-state index contributed by atoms with van der Waals surface area (Å²) in [7, 11) is -3.53. The first kappa shape index (κ1) is 17.5. The third-order valence-corrected chi connectivity index (χ3v) is 5.40. The van der Waals surface area contributed by atoms with E-state index in [0.29, 0.717) is 12.8 Å². The van der Waals surface area contributed by atoms with Crippen molar-refractivity contribution in [2.45, 2.75) is 31.7 Å². The lowest BCUT2D eigenvalue weighted by Crippen LogP contribution is -2.44. The molecule has 1 aromatic carbocycles. The number of amides is 1. The van der Waals surface area contributed by atoms with E-state index in [1.807, 2.05) is 30.3 Å². The summed E-state index contributed by atoms with van der Waals surface area (Å²) < 4.78 is 23.9. The Hall–Kier alpha value is -1.89. The molecule has 0 bridgehead atoms. The molecule has 6 nitrogen and oxygen atoms in total. The third kappa shape index (κ3) is 6.02. The van der Waals surface area contributed by atoms with Crippen molar-refractivity contribution in [3.63, 3.8) is 0 Å². The van der Waals surface area contributed by atoms with Gasteiger partial charge in [-0.05, 0) is 37.2 Å². The molecule has 0 spiro atoms. The molecule has 1 aromatic rings.